The Labute approximate surface area is 286 Å². The van der Waals surface area contributed by atoms with Crippen molar-refractivity contribution in [2.75, 3.05) is 18.4 Å². The van der Waals surface area contributed by atoms with Crippen molar-refractivity contribution in [3.8, 4) is 0 Å². The number of carbonyl (C=O) groups excluding carboxylic acids is 6. The Balaban J connectivity index is 0.000000865. The van der Waals surface area contributed by atoms with Gasteiger partial charge >= 0.3 is 12.1 Å². The summed E-state index contributed by atoms with van der Waals surface area (Å²) in [4.78, 5) is 89.1. The minimum atomic E-state index is -1.34. The van der Waals surface area contributed by atoms with E-state index in [1.165, 1.54) is 17.1 Å². The second kappa shape index (κ2) is 24.8. The molecule has 0 fully saturated rings. The zero-order valence-electron chi connectivity index (χ0n) is 28.7. The third-order valence-corrected chi connectivity index (χ3v) is 6.22. The van der Waals surface area contributed by atoms with Crippen LogP contribution >= 0.6 is 0 Å². The van der Waals surface area contributed by atoms with Gasteiger partial charge in [0.1, 0.15) is 12.6 Å². The second-order valence-corrected chi connectivity index (χ2v) is 11.4. The molecule has 1 aromatic carbocycles. The molecule has 49 heavy (non-hydrogen) atoms. The number of carbonyl (C=O) groups is 8. The number of carboxylic acid groups (broad SMARTS) is 2. The minimum absolute atomic E-state index is 0.0274. The Morgan fingerprint density at radius 2 is 1.47 bits per heavy atom. The topological polar surface area (TPSA) is 238 Å². The first-order chi connectivity index (χ1) is 23.1. The molecule has 0 saturated heterocycles. The van der Waals surface area contributed by atoms with E-state index in [1.807, 2.05) is 27.7 Å². The molecule has 0 aliphatic carbocycles. The number of benzene rings is 1. The summed E-state index contributed by atoms with van der Waals surface area (Å²) in [6, 6.07) is 5.99. The number of amides is 6. The van der Waals surface area contributed by atoms with Crippen molar-refractivity contribution in [3.05, 3.63) is 42.0 Å². The molecule has 1 aliphatic heterocycles. The SMILES string of the molecule is CC(C)CC(NC(=O)CCCCCN1C(=O)C=CC1=O)C(=O)NC(C)C.CCC(=O)O.O=CNCC(=O)Nc1ccc(COC(=O)O)cc1. The molecule has 0 radical (unpaired) electrons. The fourth-order valence-electron chi connectivity index (χ4n) is 3.91. The largest absolute Gasteiger partial charge is 0.506 e. The molecule has 0 saturated carbocycles. The van der Waals surface area contributed by atoms with Crippen molar-refractivity contribution < 1.29 is 53.3 Å². The number of aliphatic carboxylic acids is 1. The van der Waals surface area contributed by atoms with Gasteiger partial charge in [-0.2, -0.15) is 0 Å². The van der Waals surface area contributed by atoms with Crippen LogP contribution in [0.15, 0.2) is 36.4 Å². The van der Waals surface area contributed by atoms with Gasteiger partial charge in [-0.1, -0.05) is 39.3 Å². The summed E-state index contributed by atoms with van der Waals surface area (Å²) >= 11 is 0. The highest BCUT2D eigenvalue weighted by molar-refractivity contribution is 6.12. The standard InChI is InChI=1S/C19H31N3O4.C11H12N2O5.C3H6O2/c1-13(2)12-15(19(26)20-14(3)4)21-16(23)8-6-5-7-11-22-17(24)9-10-18(22)25;14-7-12-5-10(15)13-9-3-1-8(2-4-9)6-18-11(16)17;1-2-3(4)5/h9-10,13-15H,5-8,11-12H2,1-4H3,(H,20,26)(H,21,23);1-4,7H,5-6H2,(H,12,14)(H,13,15)(H,16,17);2H2,1H3,(H,4,5). The van der Waals surface area contributed by atoms with E-state index in [-0.39, 0.29) is 55.2 Å². The highest BCUT2D eigenvalue weighted by atomic mass is 16.7. The molecule has 6 amide bonds. The highest BCUT2D eigenvalue weighted by Crippen LogP contribution is 2.11. The molecule has 272 valence electrons. The summed E-state index contributed by atoms with van der Waals surface area (Å²) in [5.74, 6) is -1.66. The number of anilines is 1. The molecule has 6 N–H and O–H groups in total. The van der Waals surface area contributed by atoms with Crippen LogP contribution in [0.3, 0.4) is 0 Å². The Kier molecular flexibility index (Phi) is 22.2. The fraction of sp³-hybridized carbons (Fsp3) is 0.515. The average molecular weight is 692 g/mol. The van der Waals surface area contributed by atoms with Gasteiger partial charge < -0.3 is 36.2 Å². The lowest BCUT2D eigenvalue weighted by molar-refractivity contribution is -0.138. The Hall–Kier alpha value is -5.28. The first-order valence-electron chi connectivity index (χ1n) is 15.9. The summed E-state index contributed by atoms with van der Waals surface area (Å²) in [5.41, 5.74) is 1.22. The van der Waals surface area contributed by atoms with E-state index < -0.39 is 18.2 Å². The van der Waals surface area contributed by atoms with Gasteiger partial charge in [0, 0.05) is 43.3 Å². The van der Waals surface area contributed by atoms with E-state index in [9.17, 15) is 38.4 Å². The molecular formula is C33H49N5O11. The summed E-state index contributed by atoms with van der Waals surface area (Å²) < 4.78 is 4.38. The van der Waals surface area contributed by atoms with Gasteiger partial charge in [-0.15, -0.1) is 0 Å². The zero-order valence-corrected chi connectivity index (χ0v) is 28.7. The number of unbranched alkanes of at least 4 members (excludes halogenated alkanes) is 2. The van der Waals surface area contributed by atoms with Crippen LogP contribution in [0.25, 0.3) is 0 Å². The molecule has 1 atom stereocenters. The Morgan fingerprint density at radius 1 is 0.878 bits per heavy atom. The molecule has 2 rings (SSSR count). The lowest BCUT2D eigenvalue weighted by Gasteiger charge is -2.21. The van der Waals surface area contributed by atoms with Crippen molar-refractivity contribution in [3.63, 3.8) is 0 Å². The number of imide groups is 1. The van der Waals surface area contributed by atoms with Crippen molar-refractivity contribution in [2.24, 2.45) is 5.92 Å². The molecule has 1 heterocycles. The van der Waals surface area contributed by atoms with E-state index in [0.717, 1.165) is 6.42 Å². The quantitative estimate of drug-likeness (QED) is 0.0566. The van der Waals surface area contributed by atoms with Crippen LogP contribution in [-0.2, 0) is 44.9 Å². The third-order valence-electron chi connectivity index (χ3n) is 6.22. The smallest absolute Gasteiger partial charge is 0.481 e. The predicted molar refractivity (Wildman–Crippen MR) is 179 cm³/mol. The summed E-state index contributed by atoms with van der Waals surface area (Å²) in [7, 11) is 0. The van der Waals surface area contributed by atoms with E-state index in [0.29, 0.717) is 55.8 Å². The van der Waals surface area contributed by atoms with Crippen LogP contribution in [0.5, 0.6) is 0 Å². The second-order valence-electron chi connectivity index (χ2n) is 11.4. The van der Waals surface area contributed by atoms with Crippen molar-refractivity contribution >= 4 is 53.8 Å². The molecule has 0 spiro atoms. The van der Waals surface area contributed by atoms with Gasteiger partial charge in [-0.3, -0.25) is 38.5 Å². The monoisotopic (exact) mass is 691 g/mol. The number of hydrogen-bond donors (Lipinski definition) is 6. The van der Waals surface area contributed by atoms with Crippen molar-refractivity contribution in [1.82, 2.24) is 20.9 Å². The lowest BCUT2D eigenvalue weighted by Crippen LogP contribution is -2.49. The predicted octanol–water partition coefficient (Wildman–Crippen LogP) is 2.57. The molecule has 1 aromatic rings. The molecule has 16 heteroatoms. The maximum Gasteiger partial charge on any atom is 0.506 e. The van der Waals surface area contributed by atoms with Crippen LogP contribution in [0.2, 0.25) is 0 Å². The van der Waals surface area contributed by atoms with Crippen LogP contribution < -0.4 is 21.3 Å². The molecule has 16 nitrogen and oxygen atoms in total. The minimum Gasteiger partial charge on any atom is -0.481 e. The first kappa shape index (κ1) is 43.7. The number of ether oxygens (including phenoxy) is 1. The highest BCUT2D eigenvalue weighted by Gasteiger charge is 2.23. The molecule has 1 unspecified atom stereocenters. The zero-order chi connectivity index (χ0) is 37.4. The normalized spacial score (nSPS) is 12.2. The molecular weight excluding hydrogens is 642 g/mol. The van der Waals surface area contributed by atoms with E-state index in [2.05, 4.69) is 26.0 Å². The van der Waals surface area contributed by atoms with Gasteiger partial charge in [-0.25, -0.2) is 4.79 Å². The van der Waals surface area contributed by atoms with Crippen LogP contribution in [0.4, 0.5) is 10.5 Å². The maximum absolute atomic E-state index is 12.2. The summed E-state index contributed by atoms with van der Waals surface area (Å²) in [6.45, 7) is 9.62. The van der Waals surface area contributed by atoms with Gasteiger partial charge in [-0.05, 0) is 56.7 Å². The average Bonchev–Trinajstić information content (AvgIpc) is 3.35. The van der Waals surface area contributed by atoms with E-state index >= 15 is 0 Å². The van der Waals surface area contributed by atoms with Gasteiger partial charge in [0.15, 0.2) is 0 Å². The number of carboxylic acids is 1. The van der Waals surface area contributed by atoms with E-state index in [4.69, 9.17) is 10.2 Å². The Morgan fingerprint density at radius 3 is 1.96 bits per heavy atom. The lowest BCUT2D eigenvalue weighted by atomic mass is 10.0. The number of hydrogen-bond acceptors (Lipinski definition) is 9. The van der Waals surface area contributed by atoms with Gasteiger partial charge in [0.05, 0.1) is 6.54 Å². The molecule has 0 bridgehead atoms. The number of rotatable bonds is 18. The van der Waals surface area contributed by atoms with Gasteiger partial charge in [0.25, 0.3) is 11.8 Å². The summed E-state index contributed by atoms with van der Waals surface area (Å²) in [6.07, 6.45) is 4.82. The van der Waals surface area contributed by atoms with Crippen molar-refractivity contribution in [1.29, 1.82) is 0 Å². The van der Waals surface area contributed by atoms with Crippen molar-refractivity contribution in [2.45, 2.75) is 91.8 Å². The number of nitrogens with zero attached hydrogens (tertiary/aromatic N) is 1. The van der Waals surface area contributed by atoms with Crippen LogP contribution in [-0.4, -0.2) is 88.4 Å². The third kappa shape index (κ3) is 22.0. The van der Waals surface area contributed by atoms with Crippen LogP contribution in [0, 0.1) is 5.92 Å². The number of nitrogens with one attached hydrogen (secondary N) is 4. The Bertz CT molecular complexity index is 1260. The van der Waals surface area contributed by atoms with Gasteiger partial charge in [0.2, 0.25) is 24.1 Å². The summed E-state index contributed by atoms with van der Waals surface area (Å²) in [5, 5.41) is 26.5. The maximum atomic E-state index is 12.2. The molecule has 1 aliphatic rings. The molecule has 0 aromatic heterocycles. The van der Waals surface area contributed by atoms with E-state index in [1.54, 1.807) is 31.2 Å². The first-order valence-corrected chi connectivity index (χ1v) is 15.9. The fourth-order valence-corrected chi connectivity index (χ4v) is 3.91. The van der Waals surface area contributed by atoms with Crippen LogP contribution in [0.1, 0.15) is 78.7 Å².